The van der Waals surface area contributed by atoms with Gasteiger partial charge < -0.3 is 5.73 Å². The molecule has 2 N–H and O–H groups in total. The second-order valence-electron chi connectivity index (χ2n) is 10.6. The smallest absolute Gasteiger partial charge is 0.265 e. The predicted octanol–water partition coefficient (Wildman–Crippen LogP) is 7.33. The summed E-state index contributed by atoms with van der Waals surface area (Å²) in [5.74, 6) is -1.48. The fourth-order valence-electron chi connectivity index (χ4n) is 6.08. The number of anilines is 3. The van der Waals surface area contributed by atoms with Gasteiger partial charge in [0.15, 0.2) is 0 Å². The van der Waals surface area contributed by atoms with Gasteiger partial charge in [-0.05, 0) is 84.2 Å². The molecule has 2 aliphatic rings. The van der Waals surface area contributed by atoms with Gasteiger partial charge in [0.1, 0.15) is 0 Å². The summed E-state index contributed by atoms with van der Waals surface area (Å²) < 4.78 is 0. The molecule has 2 aliphatic heterocycles. The van der Waals surface area contributed by atoms with E-state index in [1.807, 2.05) is 54.6 Å². The van der Waals surface area contributed by atoms with Gasteiger partial charge in [-0.1, -0.05) is 48.2 Å². The molecule has 0 saturated heterocycles. The maximum Gasteiger partial charge on any atom is 0.265 e. The lowest BCUT2D eigenvalue weighted by Gasteiger charge is -2.27. The lowest BCUT2D eigenvalue weighted by Crippen LogP contribution is -2.40. The highest BCUT2D eigenvalue weighted by atomic mass is 32.2. The second-order valence-corrected chi connectivity index (χ2v) is 11.8. The SMILES string of the molecule is Nc1ccc2c3c(cccc13)C(=O)N(c1ccc(Sc3ccc(N4C(=O)c5cccc6cccc(c56)C4=O)cc3)cc1)C2=O. The molecule has 6 aromatic rings. The summed E-state index contributed by atoms with van der Waals surface area (Å²) in [6.45, 7) is 0. The minimum absolute atomic E-state index is 0.348. The van der Waals surface area contributed by atoms with Crippen LogP contribution in [0.25, 0.3) is 21.5 Å². The second kappa shape index (κ2) is 9.65. The Labute approximate surface area is 255 Å². The summed E-state index contributed by atoms with van der Waals surface area (Å²) in [6.07, 6.45) is 0. The number of imide groups is 2. The lowest BCUT2D eigenvalue weighted by molar-refractivity contribution is 0.0877. The summed E-state index contributed by atoms with van der Waals surface area (Å²) in [6, 6.07) is 34.0. The van der Waals surface area contributed by atoms with Crippen LogP contribution in [0.5, 0.6) is 0 Å². The van der Waals surface area contributed by atoms with Crippen molar-refractivity contribution in [2.24, 2.45) is 0 Å². The van der Waals surface area contributed by atoms with Gasteiger partial charge in [0, 0.05) is 53.9 Å². The van der Waals surface area contributed by atoms with Gasteiger partial charge in [-0.25, -0.2) is 9.80 Å². The van der Waals surface area contributed by atoms with Crippen LogP contribution in [0.15, 0.2) is 125 Å². The van der Waals surface area contributed by atoms with Gasteiger partial charge >= 0.3 is 0 Å². The van der Waals surface area contributed by atoms with Crippen LogP contribution < -0.4 is 15.5 Å². The largest absolute Gasteiger partial charge is 0.398 e. The van der Waals surface area contributed by atoms with Gasteiger partial charge in [0.05, 0.1) is 11.4 Å². The Morgan fingerprint density at radius 3 is 1.39 bits per heavy atom. The molecule has 0 saturated carbocycles. The van der Waals surface area contributed by atoms with E-state index in [-0.39, 0.29) is 11.8 Å². The monoisotopic (exact) mass is 591 g/mol. The predicted molar refractivity (Wildman–Crippen MR) is 172 cm³/mol. The van der Waals surface area contributed by atoms with Crippen molar-refractivity contribution < 1.29 is 19.2 Å². The number of hydrogen-bond acceptors (Lipinski definition) is 6. The highest BCUT2D eigenvalue weighted by Crippen LogP contribution is 2.38. The first-order chi connectivity index (χ1) is 21.4. The number of rotatable bonds is 4. The molecule has 44 heavy (non-hydrogen) atoms. The Bertz CT molecular complexity index is 2170. The first-order valence-corrected chi connectivity index (χ1v) is 14.7. The number of carbonyl (C=O) groups excluding carboxylic acids is 4. The number of nitrogen functional groups attached to an aromatic ring is 1. The van der Waals surface area contributed by atoms with Crippen molar-refractivity contribution >= 4 is 74.0 Å². The number of hydrogen-bond donors (Lipinski definition) is 1. The van der Waals surface area contributed by atoms with Crippen LogP contribution in [0, 0.1) is 0 Å². The molecule has 0 spiro atoms. The summed E-state index contributed by atoms with van der Waals surface area (Å²) >= 11 is 1.48. The van der Waals surface area contributed by atoms with E-state index < -0.39 is 11.8 Å². The highest BCUT2D eigenvalue weighted by molar-refractivity contribution is 7.99. The molecule has 0 bridgehead atoms. The maximum atomic E-state index is 13.4. The standard InChI is InChI=1S/C36H21N3O4S/c37-30-19-18-29-32-25(30)6-3-9-28(32)35(42)39(36(29)43)22-12-16-24(17-13-22)44-23-14-10-21(11-15-23)38-33(40)26-7-1-4-20-5-2-8-27(31(20)26)34(38)41/h1-19H,37H2. The zero-order chi connectivity index (χ0) is 30.1. The number of nitrogens with two attached hydrogens (primary N) is 1. The molecule has 7 nitrogen and oxygen atoms in total. The zero-order valence-corrected chi connectivity index (χ0v) is 23.8. The van der Waals surface area contributed by atoms with E-state index in [0.717, 1.165) is 15.2 Å². The fraction of sp³-hybridized carbons (Fsp3) is 0. The van der Waals surface area contributed by atoms with E-state index in [0.29, 0.717) is 55.5 Å². The van der Waals surface area contributed by atoms with Crippen molar-refractivity contribution in [2.45, 2.75) is 9.79 Å². The van der Waals surface area contributed by atoms with Crippen LogP contribution in [0.1, 0.15) is 41.4 Å². The molecular formula is C36H21N3O4S. The van der Waals surface area contributed by atoms with E-state index >= 15 is 0 Å². The molecule has 2 heterocycles. The molecule has 0 radical (unpaired) electrons. The molecular weight excluding hydrogens is 570 g/mol. The van der Waals surface area contributed by atoms with Crippen molar-refractivity contribution in [1.82, 2.24) is 0 Å². The third kappa shape index (κ3) is 3.78. The molecule has 6 aromatic carbocycles. The van der Waals surface area contributed by atoms with Crippen molar-refractivity contribution in [3.8, 4) is 0 Å². The molecule has 210 valence electrons. The van der Waals surface area contributed by atoms with Gasteiger partial charge in [-0.2, -0.15) is 0 Å². The van der Waals surface area contributed by atoms with Crippen LogP contribution in [0.3, 0.4) is 0 Å². The molecule has 4 amide bonds. The van der Waals surface area contributed by atoms with E-state index in [2.05, 4.69) is 0 Å². The quantitative estimate of drug-likeness (QED) is 0.170. The Hall–Kier alpha value is -5.73. The maximum absolute atomic E-state index is 13.4. The van der Waals surface area contributed by atoms with E-state index in [1.165, 1.54) is 21.6 Å². The molecule has 0 unspecified atom stereocenters. The zero-order valence-electron chi connectivity index (χ0n) is 23.0. The molecule has 0 fully saturated rings. The minimum atomic E-state index is -0.393. The summed E-state index contributed by atoms with van der Waals surface area (Å²) in [7, 11) is 0. The Morgan fingerprint density at radius 1 is 0.455 bits per heavy atom. The Balaban J connectivity index is 1.03. The fourth-order valence-corrected chi connectivity index (χ4v) is 6.90. The summed E-state index contributed by atoms with van der Waals surface area (Å²) in [5, 5.41) is 2.83. The molecule has 0 atom stereocenters. The van der Waals surface area contributed by atoms with E-state index in [1.54, 1.807) is 60.7 Å². The third-order valence-corrected chi connectivity index (χ3v) is 9.15. The normalized spacial score (nSPS) is 14.2. The average Bonchev–Trinajstić information content (AvgIpc) is 3.05. The minimum Gasteiger partial charge on any atom is -0.398 e. The van der Waals surface area contributed by atoms with Crippen molar-refractivity contribution in [3.63, 3.8) is 0 Å². The van der Waals surface area contributed by atoms with Crippen LogP contribution in [-0.4, -0.2) is 23.6 Å². The summed E-state index contributed by atoms with van der Waals surface area (Å²) in [4.78, 5) is 57.8. The van der Waals surface area contributed by atoms with Gasteiger partial charge in [-0.15, -0.1) is 0 Å². The van der Waals surface area contributed by atoms with Crippen LogP contribution in [0.2, 0.25) is 0 Å². The van der Waals surface area contributed by atoms with E-state index in [4.69, 9.17) is 5.73 Å². The molecule has 8 heteroatoms. The van der Waals surface area contributed by atoms with Crippen LogP contribution in [-0.2, 0) is 0 Å². The van der Waals surface area contributed by atoms with Crippen molar-refractivity contribution in [1.29, 1.82) is 0 Å². The van der Waals surface area contributed by atoms with Crippen molar-refractivity contribution in [2.75, 3.05) is 15.5 Å². The number of carbonyl (C=O) groups is 4. The first kappa shape index (κ1) is 25.9. The third-order valence-electron chi connectivity index (χ3n) is 8.14. The van der Waals surface area contributed by atoms with Crippen molar-refractivity contribution in [3.05, 3.63) is 138 Å². The lowest BCUT2D eigenvalue weighted by atomic mass is 9.93. The van der Waals surface area contributed by atoms with Crippen LogP contribution in [0.4, 0.5) is 17.1 Å². The highest BCUT2D eigenvalue weighted by Gasteiger charge is 2.35. The topological polar surface area (TPSA) is 101 Å². The van der Waals surface area contributed by atoms with Gasteiger partial charge in [-0.3, -0.25) is 19.2 Å². The average molecular weight is 592 g/mol. The number of benzene rings is 6. The molecule has 0 aliphatic carbocycles. The van der Waals surface area contributed by atoms with Gasteiger partial charge in [0.25, 0.3) is 23.6 Å². The molecule has 0 aromatic heterocycles. The Morgan fingerprint density at radius 2 is 0.886 bits per heavy atom. The Kier molecular flexibility index (Phi) is 5.69. The molecule has 8 rings (SSSR count). The number of amides is 4. The first-order valence-electron chi connectivity index (χ1n) is 13.9. The van der Waals surface area contributed by atoms with Gasteiger partial charge in [0.2, 0.25) is 0 Å². The van der Waals surface area contributed by atoms with E-state index in [9.17, 15) is 19.2 Å². The number of nitrogens with zero attached hydrogens (tertiary/aromatic N) is 2. The van der Waals surface area contributed by atoms with Crippen LogP contribution >= 0.6 is 11.8 Å². The summed E-state index contributed by atoms with van der Waals surface area (Å²) in [5.41, 5.74) is 9.48.